The van der Waals surface area contributed by atoms with E-state index in [1.54, 1.807) is 13.8 Å². The van der Waals surface area contributed by atoms with Crippen LogP contribution in [0.5, 0.6) is 0 Å². The third kappa shape index (κ3) is 2.89. The fourth-order valence-corrected chi connectivity index (χ4v) is 4.43. The minimum Gasteiger partial charge on any atom is -0.322 e. The van der Waals surface area contributed by atoms with Crippen molar-refractivity contribution in [3.8, 4) is 0 Å². The summed E-state index contributed by atoms with van der Waals surface area (Å²) in [4.78, 5) is 24.4. The van der Waals surface area contributed by atoms with Gasteiger partial charge in [-0.05, 0) is 56.3 Å². The quantitative estimate of drug-likeness (QED) is 0.910. The zero-order valence-corrected chi connectivity index (χ0v) is 14.3. The van der Waals surface area contributed by atoms with Gasteiger partial charge in [0.1, 0.15) is 10.7 Å². The fourth-order valence-electron chi connectivity index (χ4n) is 2.64. The lowest BCUT2D eigenvalue weighted by molar-refractivity contribution is 0.0846. The second-order valence-corrected chi connectivity index (χ2v) is 7.66. The lowest BCUT2D eigenvalue weighted by atomic mass is 10.1. The Bertz CT molecular complexity index is 969. The number of benzene rings is 2. The molecule has 1 aliphatic heterocycles. The molecular formula is C17H15FN2O4S. The summed E-state index contributed by atoms with van der Waals surface area (Å²) in [6.07, 6.45) is 0. The number of nitrogens with zero attached hydrogens (tertiary/aromatic N) is 1. The first-order chi connectivity index (χ1) is 11.7. The van der Waals surface area contributed by atoms with Crippen LogP contribution >= 0.6 is 0 Å². The molecule has 0 atom stereocenters. The van der Waals surface area contributed by atoms with E-state index >= 15 is 0 Å². The molecule has 1 N–H and O–H groups in total. The molecule has 6 nitrogen and oxygen atoms in total. The molecule has 1 aliphatic rings. The van der Waals surface area contributed by atoms with Gasteiger partial charge >= 0.3 is 0 Å². The lowest BCUT2D eigenvalue weighted by Crippen LogP contribution is -2.36. The van der Waals surface area contributed by atoms with Crippen LogP contribution in [-0.2, 0) is 10.0 Å². The zero-order chi connectivity index (χ0) is 18.4. The smallest absolute Gasteiger partial charge is 0.269 e. The van der Waals surface area contributed by atoms with Gasteiger partial charge in [-0.15, -0.1) is 0 Å². The van der Waals surface area contributed by atoms with Crippen LogP contribution < -0.4 is 5.32 Å². The second kappa shape index (κ2) is 5.96. The Kier molecular flexibility index (Phi) is 4.08. The SMILES string of the molecule is CC(C)N1C(=O)c2ccc(C(=O)Nc3ccc(F)cc3)cc2S1(=O)=O. The maximum Gasteiger partial charge on any atom is 0.269 e. The van der Waals surface area contributed by atoms with Crippen molar-refractivity contribution in [2.24, 2.45) is 0 Å². The molecule has 1 heterocycles. The number of fused-ring (bicyclic) bond motifs is 1. The van der Waals surface area contributed by atoms with Crippen molar-refractivity contribution in [2.75, 3.05) is 5.32 Å². The van der Waals surface area contributed by atoms with Crippen LogP contribution in [0.3, 0.4) is 0 Å². The molecule has 0 bridgehead atoms. The second-order valence-electron chi connectivity index (χ2n) is 5.87. The highest BCUT2D eigenvalue weighted by Crippen LogP contribution is 2.32. The van der Waals surface area contributed by atoms with Crippen LogP contribution in [0.4, 0.5) is 10.1 Å². The van der Waals surface area contributed by atoms with Crippen LogP contribution in [0.15, 0.2) is 47.4 Å². The van der Waals surface area contributed by atoms with Crippen molar-refractivity contribution < 1.29 is 22.4 Å². The van der Waals surface area contributed by atoms with E-state index in [4.69, 9.17) is 0 Å². The molecule has 0 spiro atoms. The monoisotopic (exact) mass is 362 g/mol. The number of rotatable bonds is 3. The van der Waals surface area contributed by atoms with E-state index in [2.05, 4.69) is 5.32 Å². The van der Waals surface area contributed by atoms with Gasteiger partial charge in [0.15, 0.2) is 0 Å². The third-order valence-corrected chi connectivity index (χ3v) is 5.78. The molecule has 130 valence electrons. The molecular weight excluding hydrogens is 347 g/mol. The van der Waals surface area contributed by atoms with Crippen molar-refractivity contribution in [1.29, 1.82) is 0 Å². The summed E-state index contributed by atoms with van der Waals surface area (Å²) in [5.74, 6) is -1.59. The van der Waals surface area contributed by atoms with Crippen molar-refractivity contribution in [1.82, 2.24) is 4.31 Å². The van der Waals surface area contributed by atoms with E-state index in [-0.39, 0.29) is 16.0 Å². The van der Waals surface area contributed by atoms with E-state index in [1.807, 2.05) is 0 Å². The summed E-state index contributed by atoms with van der Waals surface area (Å²) >= 11 is 0. The Hall–Kier alpha value is -2.74. The number of carbonyl (C=O) groups is 2. The average Bonchev–Trinajstić information content (AvgIpc) is 2.75. The molecule has 3 rings (SSSR count). The van der Waals surface area contributed by atoms with Gasteiger partial charge < -0.3 is 5.32 Å². The van der Waals surface area contributed by atoms with E-state index in [0.29, 0.717) is 5.69 Å². The summed E-state index contributed by atoms with van der Waals surface area (Å²) in [6.45, 7) is 3.20. The molecule has 2 aromatic carbocycles. The van der Waals surface area contributed by atoms with Gasteiger partial charge in [0, 0.05) is 17.3 Å². The van der Waals surface area contributed by atoms with Crippen molar-refractivity contribution in [3.05, 3.63) is 59.4 Å². The standard InChI is InChI=1S/C17H15FN2O4S/c1-10(2)20-17(22)14-8-3-11(9-15(14)25(20,23)24)16(21)19-13-6-4-12(18)5-7-13/h3-10H,1-2H3,(H,19,21). The van der Waals surface area contributed by atoms with Gasteiger partial charge in [-0.3, -0.25) is 9.59 Å². The maximum absolute atomic E-state index is 12.9. The number of anilines is 1. The molecule has 0 saturated heterocycles. The topological polar surface area (TPSA) is 83.6 Å². The Labute approximate surface area is 144 Å². The van der Waals surface area contributed by atoms with Crippen molar-refractivity contribution in [3.63, 3.8) is 0 Å². The largest absolute Gasteiger partial charge is 0.322 e. The summed E-state index contributed by atoms with van der Waals surface area (Å²) in [5.41, 5.74) is 0.506. The van der Waals surface area contributed by atoms with Crippen LogP contribution in [0, 0.1) is 5.82 Å². The highest BCUT2D eigenvalue weighted by Gasteiger charge is 2.42. The van der Waals surface area contributed by atoms with E-state index < -0.39 is 33.7 Å². The highest BCUT2D eigenvalue weighted by molar-refractivity contribution is 7.90. The number of hydrogen-bond acceptors (Lipinski definition) is 4. The van der Waals surface area contributed by atoms with E-state index in [1.165, 1.54) is 42.5 Å². The number of amides is 2. The highest BCUT2D eigenvalue weighted by atomic mass is 32.2. The minimum atomic E-state index is -3.98. The molecule has 25 heavy (non-hydrogen) atoms. The van der Waals surface area contributed by atoms with Crippen LogP contribution in [-0.4, -0.2) is 30.6 Å². The molecule has 2 amide bonds. The van der Waals surface area contributed by atoms with Gasteiger partial charge in [0.05, 0.1) is 5.56 Å². The number of halogens is 1. The van der Waals surface area contributed by atoms with Crippen molar-refractivity contribution >= 4 is 27.5 Å². The number of carbonyl (C=O) groups excluding carboxylic acids is 2. The molecule has 0 saturated carbocycles. The number of nitrogens with one attached hydrogen (secondary N) is 1. The zero-order valence-electron chi connectivity index (χ0n) is 13.5. The van der Waals surface area contributed by atoms with Gasteiger partial charge in [0.25, 0.3) is 21.8 Å². The van der Waals surface area contributed by atoms with E-state index in [9.17, 15) is 22.4 Å². The Morgan fingerprint density at radius 1 is 1.12 bits per heavy atom. The normalized spacial score (nSPS) is 15.4. The predicted molar refractivity (Wildman–Crippen MR) is 89.3 cm³/mol. The Morgan fingerprint density at radius 3 is 2.36 bits per heavy atom. The third-order valence-electron chi connectivity index (χ3n) is 3.78. The lowest BCUT2D eigenvalue weighted by Gasteiger charge is -2.18. The first-order valence-electron chi connectivity index (χ1n) is 7.51. The van der Waals surface area contributed by atoms with Crippen LogP contribution in [0.25, 0.3) is 0 Å². The Morgan fingerprint density at radius 2 is 1.76 bits per heavy atom. The van der Waals surface area contributed by atoms with Gasteiger partial charge in [-0.25, -0.2) is 17.1 Å². The molecule has 0 unspecified atom stereocenters. The summed E-state index contributed by atoms with van der Waals surface area (Å²) in [7, 11) is -3.98. The minimum absolute atomic E-state index is 0.0482. The summed E-state index contributed by atoms with van der Waals surface area (Å²) in [5, 5.41) is 2.55. The molecule has 2 aromatic rings. The van der Waals surface area contributed by atoms with Gasteiger partial charge in [-0.2, -0.15) is 0 Å². The fraction of sp³-hybridized carbons (Fsp3) is 0.176. The van der Waals surface area contributed by atoms with Gasteiger partial charge in [0.2, 0.25) is 0 Å². The molecule has 0 fully saturated rings. The molecule has 0 radical (unpaired) electrons. The van der Waals surface area contributed by atoms with Crippen LogP contribution in [0.1, 0.15) is 34.6 Å². The van der Waals surface area contributed by atoms with Crippen molar-refractivity contribution in [2.45, 2.75) is 24.8 Å². The summed E-state index contributed by atoms with van der Waals surface area (Å²) < 4.78 is 38.8. The first-order valence-corrected chi connectivity index (χ1v) is 8.95. The average molecular weight is 362 g/mol. The predicted octanol–water partition coefficient (Wildman–Crippen LogP) is 2.63. The molecule has 0 aliphatic carbocycles. The number of hydrogen-bond donors (Lipinski definition) is 1. The van der Waals surface area contributed by atoms with Crippen LogP contribution in [0.2, 0.25) is 0 Å². The maximum atomic E-state index is 12.9. The summed E-state index contributed by atoms with van der Waals surface area (Å²) in [6, 6.07) is 8.55. The van der Waals surface area contributed by atoms with Gasteiger partial charge in [-0.1, -0.05) is 0 Å². The molecule has 8 heteroatoms. The van der Waals surface area contributed by atoms with E-state index in [0.717, 1.165) is 4.31 Å². The molecule has 0 aromatic heterocycles. The first kappa shape index (κ1) is 17.1. The number of sulfonamides is 1. The Balaban J connectivity index is 1.95.